The lowest BCUT2D eigenvalue weighted by Crippen LogP contribution is -1.89. The quantitative estimate of drug-likeness (QED) is 0.563. The predicted molar refractivity (Wildman–Crippen MR) is 53.8 cm³/mol. The van der Waals surface area contributed by atoms with E-state index in [-0.39, 0.29) is 0 Å². The van der Waals surface area contributed by atoms with E-state index in [1.165, 1.54) is 0 Å². The molecule has 0 rings (SSSR count). The molecule has 0 amide bonds. The van der Waals surface area contributed by atoms with E-state index >= 15 is 0 Å². The molecule has 0 bridgehead atoms. The van der Waals surface area contributed by atoms with Crippen LogP contribution in [0.25, 0.3) is 0 Å². The summed E-state index contributed by atoms with van der Waals surface area (Å²) in [4.78, 5) is 0. The molecule has 0 aliphatic rings. The van der Waals surface area contributed by atoms with E-state index in [1.54, 1.807) is 0 Å². The van der Waals surface area contributed by atoms with Crippen LogP contribution in [0.3, 0.4) is 0 Å². The van der Waals surface area contributed by atoms with Crippen LogP contribution in [0.4, 0.5) is 0 Å². The van der Waals surface area contributed by atoms with Gasteiger partial charge in [-0.3, -0.25) is 0 Å². The summed E-state index contributed by atoms with van der Waals surface area (Å²) in [5, 5.41) is 0. The monoisotopic (exact) mass is 168 g/mol. The highest BCUT2D eigenvalue weighted by Gasteiger charge is 1.96. The molecule has 1 nitrogen and oxygen atoms in total. The van der Waals surface area contributed by atoms with Crippen LogP contribution in [0, 0.1) is 0 Å². The molecule has 0 aromatic carbocycles. The van der Waals surface area contributed by atoms with Crippen molar-refractivity contribution in [2.24, 2.45) is 0 Å². The number of hydrogen-bond acceptors (Lipinski definition) is 1. The van der Waals surface area contributed by atoms with E-state index in [0.29, 0.717) is 0 Å². The molecular weight excluding hydrogens is 148 g/mol. The molecule has 0 saturated carbocycles. The minimum Gasteiger partial charge on any atom is -0.467 e. The molecule has 12 heavy (non-hydrogen) atoms. The van der Waals surface area contributed by atoms with Gasteiger partial charge in [0, 0.05) is 6.42 Å². The van der Waals surface area contributed by atoms with Crippen molar-refractivity contribution < 1.29 is 4.74 Å². The second-order valence-electron chi connectivity index (χ2n) is 2.83. The molecule has 70 valence electrons. The van der Waals surface area contributed by atoms with E-state index < -0.39 is 0 Å². The zero-order valence-corrected chi connectivity index (χ0v) is 8.68. The second kappa shape index (κ2) is 6.96. The Morgan fingerprint density at radius 1 is 1.33 bits per heavy atom. The Labute approximate surface area is 76.1 Å². The molecule has 0 N–H and O–H groups in total. The van der Waals surface area contributed by atoms with Crippen LogP contribution in [-0.4, -0.2) is 0 Å². The van der Waals surface area contributed by atoms with Crippen molar-refractivity contribution in [1.82, 2.24) is 0 Å². The Balaban J connectivity index is 4.04. The molecule has 0 aliphatic heterocycles. The van der Waals surface area contributed by atoms with Crippen molar-refractivity contribution in [2.45, 2.75) is 47.0 Å². The van der Waals surface area contributed by atoms with Crippen LogP contribution in [-0.2, 0) is 4.74 Å². The summed E-state index contributed by atoms with van der Waals surface area (Å²) in [5.41, 5.74) is 0. The molecule has 1 heteroatoms. The van der Waals surface area contributed by atoms with Crippen molar-refractivity contribution in [1.29, 1.82) is 0 Å². The molecule has 0 aromatic heterocycles. The molecule has 0 atom stereocenters. The average molecular weight is 168 g/mol. The van der Waals surface area contributed by atoms with Crippen LogP contribution < -0.4 is 0 Å². The highest BCUT2D eigenvalue weighted by Crippen LogP contribution is 2.12. The lowest BCUT2D eigenvalue weighted by atomic mass is 10.2. The summed E-state index contributed by atoms with van der Waals surface area (Å²) in [5.74, 6) is 2.10. The van der Waals surface area contributed by atoms with Gasteiger partial charge in [-0.1, -0.05) is 13.8 Å². The molecular formula is C11H20O. The molecule has 0 heterocycles. The molecule has 0 saturated heterocycles. The maximum atomic E-state index is 5.60. The molecule has 0 radical (unpaired) electrons. The zero-order valence-electron chi connectivity index (χ0n) is 8.68. The van der Waals surface area contributed by atoms with Gasteiger partial charge in [-0.15, -0.1) is 0 Å². The van der Waals surface area contributed by atoms with Crippen LogP contribution in [0.2, 0.25) is 0 Å². The van der Waals surface area contributed by atoms with Gasteiger partial charge in [0.15, 0.2) is 0 Å². The van der Waals surface area contributed by atoms with Gasteiger partial charge in [0.2, 0.25) is 0 Å². The number of rotatable bonds is 5. The first kappa shape index (κ1) is 11.3. The normalized spacial score (nSPS) is 13.3. The third-order valence-electron chi connectivity index (χ3n) is 1.63. The van der Waals surface area contributed by atoms with E-state index in [0.717, 1.165) is 30.8 Å². The highest BCUT2D eigenvalue weighted by atomic mass is 16.5. The Kier molecular flexibility index (Phi) is 6.54. The largest absolute Gasteiger partial charge is 0.467 e. The average Bonchev–Trinajstić information content (AvgIpc) is 2.05. The fraction of sp³-hybridized carbons (Fsp3) is 0.636. The second-order valence-corrected chi connectivity index (χ2v) is 2.83. The van der Waals surface area contributed by atoms with Crippen molar-refractivity contribution in [2.75, 3.05) is 0 Å². The van der Waals surface area contributed by atoms with Gasteiger partial charge in [-0.2, -0.15) is 0 Å². The molecule has 0 fully saturated rings. The lowest BCUT2D eigenvalue weighted by Gasteiger charge is -2.08. The molecule has 0 unspecified atom stereocenters. The Hall–Kier alpha value is -0.720. The number of allylic oxidation sites excluding steroid dienone is 4. The summed E-state index contributed by atoms with van der Waals surface area (Å²) in [7, 11) is 0. The van der Waals surface area contributed by atoms with Crippen molar-refractivity contribution in [3.8, 4) is 0 Å². The smallest absolute Gasteiger partial charge is 0.0995 e. The Morgan fingerprint density at radius 2 is 2.00 bits per heavy atom. The van der Waals surface area contributed by atoms with Gasteiger partial charge >= 0.3 is 0 Å². The molecule has 0 spiro atoms. The van der Waals surface area contributed by atoms with Gasteiger partial charge in [0.1, 0.15) is 0 Å². The van der Waals surface area contributed by atoms with Crippen molar-refractivity contribution >= 4 is 0 Å². The minimum atomic E-state index is 0.989. The Bertz CT molecular complexity index is 166. The SMILES string of the molecule is C/C=C(/C)O/C(=C/CC)CCC. The first-order chi connectivity index (χ1) is 5.74. The van der Waals surface area contributed by atoms with Crippen LogP contribution in [0.1, 0.15) is 47.0 Å². The maximum absolute atomic E-state index is 5.60. The van der Waals surface area contributed by atoms with Crippen molar-refractivity contribution in [3.05, 3.63) is 23.7 Å². The lowest BCUT2D eigenvalue weighted by molar-refractivity contribution is 0.289. The topological polar surface area (TPSA) is 9.23 Å². The van der Waals surface area contributed by atoms with Gasteiger partial charge in [0.05, 0.1) is 11.5 Å². The van der Waals surface area contributed by atoms with Gasteiger partial charge in [0.25, 0.3) is 0 Å². The zero-order chi connectivity index (χ0) is 9.40. The van der Waals surface area contributed by atoms with Crippen molar-refractivity contribution in [3.63, 3.8) is 0 Å². The maximum Gasteiger partial charge on any atom is 0.0995 e. The third kappa shape index (κ3) is 5.00. The van der Waals surface area contributed by atoms with Crippen LogP contribution in [0.15, 0.2) is 23.7 Å². The predicted octanol–water partition coefficient (Wildman–Crippen LogP) is 4.02. The van der Waals surface area contributed by atoms with Gasteiger partial charge < -0.3 is 4.74 Å². The standard InChI is InChI=1S/C11H20O/c1-5-8-11(9-6-2)12-10(4)7-3/h7-8H,5-6,9H2,1-4H3/b10-7-,11-8+. The van der Waals surface area contributed by atoms with E-state index in [9.17, 15) is 0 Å². The minimum absolute atomic E-state index is 0.989. The summed E-state index contributed by atoms with van der Waals surface area (Å²) in [6.07, 6.45) is 7.36. The van der Waals surface area contributed by atoms with Gasteiger partial charge in [-0.05, 0) is 38.8 Å². The summed E-state index contributed by atoms with van der Waals surface area (Å²) < 4.78 is 5.60. The van der Waals surface area contributed by atoms with E-state index in [2.05, 4.69) is 19.9 Å². The fourth-order valence-electron chi connectivity index (χ4n) is 0.935. The molecule has 0 aromatic rings. The fourth-order valence-corrected chi connectivity index (χ4v) is 0.935. The van der Waals surface area contributed by atoms with E-state index in [1.807, 2.05) is 19.9 Å². The summed E-state index contributed by atoms with van der Waals surface area (Å²) >= 11 is 0. The summed E-state index contributed by atoms with van der Waals surface area (Å²) in [6, 6.07) is 0. The number of ether oxygens (including phenoxy) is 1. The van der Waals surface area contributed by atoms with E-state index in [4.69, 9.17) is 4.74 Å². The highest BCUT2D eigenvalue weighted by molar-refractivity contribution is 4.98. The van der Waals surface area contributed by atoms with Crippen LogP contribution in [0.5, 0.6) is 0 Å². The third-order valence-corrected chi connectivity index (χ3v) is 1.63. The summed E-state index contributed by atoms with van der Waals surface area (Å²) in [6.45, 7) is 8.27. The first-order valence-corrected chi connectivity index (χ1v) is 4.74. The number of hydrogen-bond donors (Lipinski definition) is 0. The Morgan fingerprint density at radius 3 is 2.42 bits per heavy atom. The first-order valence-electron chi connectivity index (χ1n) is 4.74. The van der Waals surface area contributed by atoms with Crippen LogP contribution >= 0.6 is 0 Å². The molecule has 0 aliphatic carbocycles. The van der Waals surface area contributed by atoms with Gasteiger partial charge in [-0.25, -0.2) is 0 Å².